The Labute approximate surface area is 183 Å². The molecule has 2 N–H and O–H groups in total. The van der Waals surface area contributed by atoms with Crippen LogP contribution in [0.5, 0.6) is 5.75 Å². The molecule has 2 aromatic rings. The molecule has 1 aromatic heterocycles. The standard InChI is InChI=1S/C19H29N5OS.HI/c1-6-14-11-21-18(26-14)13-23-19(20-2)22-12-16(24(3)4)15-9-7-8-10-17(15)25-5;/h7-11,16H,6,12-13H2,1-5H3,(H2,20,22,23);1H. The normalized spacial score (nSPS) is 12.4. The van der Waals surface area contributed by atoms with E-state index in [9.17, 15) is 0 Å². The lowest BCUT2D eigenvalue weighted by Gasteiger charge is -2.27. The Balaban J connectivity index is 0.00000364. The van der Waals surface area contributed by atoms with Gasteiger partial charge in [0.1, 0.15) is 10.8 Å². The van der Waals surface area contributed by atoms with E-state index in [-0.39, 0.29) is 30.0 Å². The van der Waals surface area contributed by atoms with Crippen molar-refractivity contribution in [2.24, 2.45) is 4.99 Å². The van der Waals surface area contributed by atoms with Gasteiger partial charge in [-0.3, -0.25) is 4.99 Å². The first-order chi connectivity index (χ1) is 12.6. The van der Waals surface area contributed by atoms with Gasteiger partial charge < -0.3 is 20.3 Å². The van der Waals surface area contributed by atoms with Crippen LogP contribution in [0.25, 0.3) is 0 Å². The molecule has 8 heteroatoms. The van der Waals surface area contributed by atoms with E-state index in [1.807, 2.05) is 24.4 Å². The Morgan fingerprint density at radius 2 is 2.04 bits per heavy atom. The Morgan fingerprint density at radius 3 is 2.63 bits per heavy atom. The van der Waals surface area contributed by atoms with Crippen molar-refractivity contribution in [2.45, 2.75) is 25.9 Å². The van der Waals surface area contributed by atoms with Crippen LogP contribution in [0.1, 0.15) is 28.4 Å². The second kappa shape index (κ2) is 12.1. The number of hydrogen-bond acceptors (Lipinski definition) is 5. The number of likely N-dealkylation sites (N-methyl/N-ethyl adjacent to an activating group) is 1. The summed E-state index contributed by atoms with van der Waals surface area (Å²) in [6.07, 6.45) is 2.97. The lowest BCUT2D eigenvalue weighted by atomic mass is 10.0. The first kappa shape index (κ1) is 23.6. The molecule has 2 rings (SSSR count). The minimum Gasteiger partial charge on any atom is -0.496 e. The molecule has 0 radical (unpaired) electrons. The Bertz CT molecular complexity index is 720. The molecule has 1 heterocycles. The van der Waals surface area contributed by atoms with Crippen molar-refractivity contribution < 1.29 is 4.74 Å². The SMILES string of the molecule is CCc1cnc(CNC(=NC)NCC(c2ccccc2OC)N(C)C)s1.I. The van der Waals surface area contributed by atoms with E-state index in [1.54, 1.807) is 25.5 Å². The van der Waals surface area contributed by atoms with Crippen molar-refractivity contribution in [2.75, 3.05) is 34.8 Å². The molecule has 0 aliphatic carbocycles. The minimum absolute atomic E-state index is 0. The molecule has 0 spiro atoms. The van der Waals surface area contributed by atoms with E-state index in [2.05, 4.69) is 52.6 Å². The van der Waals surface area contributed by atoms with Crippen molar-refractivity contribution in [1.29, 1.82) is 0 Å². The molecule has 0 aliphatic heterocycles. The number of thiazole rings is 1. The molecule has 1 atom stereocenters. The van der Waals surface area contributed by atoms with Crippen LogP contribution in [-0.2, 0) is 13.0 Å². The zero-order valence-corrected chi connectivity index (χ0v) is 19.8. The van der Waals surface area contributed by atoms with Crippen molar-refractivity contribution >= 4 is 41.3 Å². The second-order valence-electron chi connectivity index (χ2n) is 6.10. The van der Waals surface area contributed by atoms with Crippen molar-refractivity contribution in [3.8, 4) is 5.75 Å². The predicted molar refractivity (Wildman–Crippen MR) is 125 cm³/mol. The molecule has 6 nitrogen and oxygen atoms in total. The van der Waals surface area contributed by atoms with Gasteiger partial charge in [0.15, 0.2) is 5.96 Å². The summed E-state index contributed by atoms with van der Waals surface area (Å²) in [5.41, 5.74) is 1.15. The number of nitrogens with one attached hydrogen (secondary N) is 2. The third-order valence-electron chi connectivity index (χ3n) is 4.16. The molecule has 0 saturated heterocycles. The molecule has 0 amide bonds. The average molecular weight is 503 g/mol. The number of aliphatic imine (C=N–C) groups is 1. The van der Waals surface area contributed by atoms with Gasteiger partial charge in [-0.25, -0.2) is 4.98 Å². The number of aryl methyl sites for hydroxylation is 1. The maximum Gasteiger partial charge on any atom is 0.191 e. The van der Waals surface area contributed by atoms with Crippen LogP contribution in [0.15, 0.2) is 35.5 Å². The van der Waals surface area contributed by atoms with Crippen LogP contribution < -0.4 is 15.4 Å². The lowest BCUT2D eigenvalue weighted by Crippen LogP contribution is -2.41. The Hall–Kier alpha value is -1.39. The van der Waals surface area contributed by atoms with Gasteiger partial charge in [0.25, 0.3) is 0 Å². The van der Waals surface area contributed by atoms with Gasteiger partial charge in [-0.05, 0) is 26.6 Å². The summed E-state index contributed by atoms with van der Waals surface area (Å²) in [6, 6.07) is 8.28. The molecular weight excluding hydrogens is 473 g/mol. The molecule has 150 valence electrons. The van der Waals surface area contributed by atoms with Crippen LogP contribution in [0.3, 0.4) is 0 Å². The molecular formula is C19H30IN5OS. The number of halogens is 1. The van der Waals surface area contributed by atoms with E-state index in [0.717, 1.165) is 28.7 Å². The predicted octanol–water partition coefficient (Wildman–Crippen LogP) is 3.30. The smallest absolute Gasteiger partial charge is 0.191 e. The fourth-order valence-corrected chi connectivity index (χ4v) is 3.48. The van der Waals surface area contributed by atoms with Crippen LogP contribution in [0, 0.1) is 0 Å². The Kier molecular flexibility index (Phi) is 10.6. The first-order valence-corrected chi connectivity index (χ1v) is 9.58. The van der Waals surface area contributed by atoms with E-state index < -0.39 is 0 Å². The van der Waals surface area contributed by atoms with E-state index >= 15 is 0 Å². The summed E-state index contributed by atoms with van der Waals surface area (Å²) in [4.78, 5) is 12.2. The van der Waals surface area contributed by atoms with Gasteiger partial charge in [-0.15, -0.1) is 35.3 Å². The topological polar surface area (TPSA) is 61.8 Å². The van der Waals surface area contributed by atoms with Gasteiger partial charge in [0.2, 0.25) is 0 Å². The largest absolute Gasteiger partial charge is 0.496 e. The van der Waals surface area contributed by atoms with Gasteiger partial charge in [0, 0.05) is 30.2 Å². The summed E-state index contributed by atoms with van der Waals surface area (Å²) in [5, 5.41) is 7.81. The molecule has 0 bridgehead atoms. The second-order valence-corrected chi connectivity index (χ2v) is 7.30. The van der Waals surface area contributed by atoms with Crippen molar-refractivity contribution in [3.05, 3.63) is 45.9 Å². The summed E-state index contributed by atoms with van der Waals surface area (Å²) >= 11 is 1.74. The number of benzene rings is 1. The number of rotatable bonds is 8. The molecule has 0 saturated carbocycles. The summed E-state index contributed by atoms with van der Waals surface area (Å²) < 4.78 is 5.52. The van der Waals surface area contributed by atoms with E-state index in [1.165, 1.54) is 4.88 Å². The number of methoxy groups -OCH3 is 1. The highest BCUT2D eigenvalue weighted by molar-refractivity contribution is 14.0. The number of aromatic nitrogens is 1. The quantitative estimate of drug-likeness (QED) is 0.329. The van der Waals surface area contributed by atoms with Gasteiger partial charge in [-0.2, -0.15) is 0 Å². The average Bonchev–Trinajstić information content (AvgIpc) is 3.12. The number of hydrogen-bond donors (Lipinski definition) is 2. The summed E-state index contributed by atoms with van der Waals surface area (Å²) in [5.74, 6) is 1.66. The zero-order chi connectivity index (χ0) is 18.9. The Morgan fingerprint density at radius 1 is 1.30 bits per heavy atom. The highest BCUT2D eigenvalue weighted by Crippen LogP contribution is 2.27. The highest BCUT2D eigenvalue weighted by Gasteiger charge is 2.18. The van der Waals surface area contributed by atoms with Crippen molar-refractivity contribution in [3.63, 3.8) is 0 Å². The summed E-state index contributed by atoms with van der Waals surface area (Å²) in [7, 11) is 7.62. The third kappa shape index (κ3) is 6.93. The maximum absolute atomic E-state index is 5.52. The maximum atomic E-state index is 5.52. The number of para-hydroxylation sites is 1. The molecule has 0 aliphatic rings. The van der Waals surface area contributed by atoms with E-state index in [4.69, 9.17) is 4.74 Å². The number of guanidine groups is 1. The lowest BCUT2D eigenvalue weighted by molar-refractivity contribution is 0.287. The number of nitrogens with zero attached hydrogens (tertiary/aromatic N) is 3. The summed E-state index contributed by atoms with van der Waals surface area (Å²) in [6.45, 7) is 3.53. The van der Waals surface area contributed by atoms with Crippen LogP contribution in [0.4, 0.5) is 0 Å². The monoisotopic (exact) mass is 503 g/mol. The van der Waals surface area contributed by atoms with Crippen LogP contribution in [0.2, 0.25) is 0 Å². The van der Waals surface area contributed by atoms with Gasteiger partial charge in [0.05, 0.1) is 19.7 Å². The number of ether oxygens (including phenoxy) is 1. The minimum atomic E-state index is 0. The zero-order valence-electron chi connectivity index (χ0n) is 16.7. The van der Waals surface area contributed by atoms with Gasteiger partial charge >= 0.3 is 0 Å². The van der Waals surface area contributed by atoms with Crippen LogP contribution in [-0.4, -0.2) is 50.6 Å². The first-order valence-electron chi connectivity index (χ1n) is 8.76. The molecule has 0 fully saturated rings. The molecule has 1 unspecified atom stereocenters. The van der Waals surface area contributed by atoms with Crippen LogP contribution >= 0.6 is 35.3 Å². The third-order valence-corrected chi connectivity index (χ3v) is 5.31. The van der Waals surface area contributed by atoms with E-state index in [0.29, 0.717) is 13.1 Å². The fraction of sp³-hybridized carbons (Fsp3) is 0.474. The van der Waals surface area contributed by atoms with Crippen molar-refractivity contribution in [1.82, 2.24) is 20.5 Å². The van der Waals surface area contributed by atoms with Gasteiger partial charge in [-0.1, -0.05) is 25.1 Å². The molecule has 1 aromatic carbocycles. The highest BCUT2D eigenvalue weighted by atomic mass is 127. The molecule has 27 heavy (non-hydrogen) atoms. The fourth-order valence-electron chi connectivity index (χ4n) is 2.68.